The Labute approximate surface area is 123 Å². The maximum atomic E-state index is 5.50. The van der Waals surface area contributed by atoms with Crippen molar-refractivity contribution in [1.29, 1.82) is 0 Å². The fraction of sp³-hybridized carbons (Fsp3) is 0.333. The fourth-order valence-corrected chi connectivity index (χ4v) is 2.24. The molecule has 20 heavy (non-hydrogen) atoms. The minimum Gasteiger partial charge on any atom is -0.377 e. The highest BCUT2D eigenvalue weighted by molar-refractivity contribution is 7.13. The molecule has 0 bridgehead atoms. The summed E-state index contributed by atoms with van der Waals surface area (Å²) in [6, 6.07) is 8.18. The monoisotopic (exact) mass is 289 g/mol. The number of benzene rings is 1. The van der Waals surface area contributed by atoms with Gasteiger partial charge < -0.3 is 4.74 Å². The smallest absolute Gasteiger partial charge is 0.203 e. The number of hydrazone groups is 1. The van der Waals surface area contributed by atoms with E-state index in [2.05, 4.69) is 34.6 Å². The quantitative estimate of drug-likeness (QED) is 0.479. The largest absolute Gasteiger partial charge is 0.377 e. The lowest BCUT2D eigenvalue weighted by Crippen LogP contribution is -1.94. The number of ether oxygens (including phenoxy) is 1. The molecule has 2 aromatic rings. The van der Waals surface area contributed by atoms with Gasteiger partial charge in [-0.1, -0.05) is 31.2 Å². The van der Waals surface area contributed by atoms with E-state index in [0.717, 1.165) is 29.4 Å². The molecule has 0 atom stereocenters. The highest BCUT2D eigenvalue weighted by atomic mass is 32.1. The molecule has 0 aliphatic rings. The Bertz CT molecular complexity index is 549. The predicted molar refractivity (Wildman–Crippen MR) is 84.5 cm³/mol. The van der Waals surface area contributed by atoms with Crippen molar-refractivity contribution in [2.24, 2.45) is 5.10 Å². The van der Waals surface area contributed by atoms with Gasteiger partial charge in [-0.15, -0.1) is 11.3 Å². The van der Waals surface area contributed by atoms with Crippen LogP contribution in [0.15, 0.2) is 34.7 Å². The van der Waals surface area contributed by atoms with E-state index in [9.17, 15) is 0 Å². The molecule has 4 nitrogen and oxygen atoms in total. The Kier molecular flexibility index (Phi) is 5.70. The van der Waals surface area contributed by atoms with Gasteiger partial charge in [0, 0.05) is 12.0 Å². The van der Waals surface area contributed by atoms with Crippen LogP contribution in [0, 0.1) is 6.92 Å². The molecule has 0 saturated heterocycles. The molecule has 0 spiro atoms. The van der Waals surface area contributed by atoms with Crippen LogP contribution in [-0.4, -0.2) is 17.8 Å². The number of anilines is 1. The first kappa shape index (κ1) is 14.7. The Hall–Kier alpha value is -1.72. The second-order valence-electron chi connectivity index (χ2n) is 4.46. The molecule has 0 aliphatic heterocycles. The van der Waals surface area contributed by atoms with Crippen molar-refractivity contribution in [3.8, 4) is 0 Å². The summed E-state index contributed by atoms with van der Waals surface area (Å²) in [5, 5.41) is 6.97. The summed E-state index contributed by atoms with van der Waals surface area (Å²) in [5.41, 5.74) is 6.15. The Balaban J connectivity index is 1.83. The molecular formula is C15H19N3OS. The van der Waals surface area contributed by atoms with E-state index in [4.69, 9.17) is 4.74 Å². The van der Waals surface area contributed by atoms with Gasteiger partial charge >= 0.3 is 0 Å². The van der Waals surface area contributed by atoms with Crippen LogP contribution in [0.3, 0.4) is 0 Å². The van der Waals surface area contributed by atoms with Gasteiger partial charge in [-0.2, -0.15) is 5.10 Å². The Morgan fingerprint density at radius 3 is 2.80 bits per heavy atom. The Morgan fingerprint density at radius 2 is 2.15 bits per heavy atom. The standard InChI is InChI=1S/C15H19N3OS/c1-3-8-19-10-14-6-4-13(5-7-14)9-16-18-15-17-12(2)11-20-15/h4-7,9,11H,3,8,10H2,1-2H3,(H,17,18). The molecule has 0 aliphatic carbocycles. The number of nitrogens with one attached hydrogen (secondary N) is 1. The lowest BCUT2D eigenvalue weighted by molar-refractivity contribution is 0.121. The molecule has 0 unspecified atom stereocenters. The zero-order chi connectivity index (χ0) is 14.2. The van der Waals surface area contributed by atoms with Gasteiger partial charge in [0.15, 0.2) is 0 Å². The number of hydrogen-bond acceptors (Lipinski definition) is 5. The van der Waals surface area contributed by atoms with Crippen LogP contribution in [0.1, 0.15) is 30.2 Å². The van der Waals surface area contributed by atoms with Crippen LogP contribution < -0.4 is 5.43 Å². The van der Waals surface area contributed by atoms with Crippen LogP contribution in [0.5, 0.6) is 0 Å². The average molecular weight is 289 g/mol. The predicted octanol–water partition coefficient (Wildman–Crippen LogP) is 3.82. The molecule has 0 saturated carbocycles. The Morgan fingerprint density at radius 1 is 1.35 bits per heavy atom. The molecule has 1 N–H and O–H groups in total. The normalized spacial score (nSPS) is 11.1. The lowest BCUT2D eigenvalue weighted by Gasteiger charge is -2.02. The summed E-state index contributed by atoms with van der Waals surface area (Å²) >= 11 is 1.55. The molecule has 2 rings (SSSR count). The number of aromatic nitrogens is 1. The third-order valence-corrected chi connectivity index (χ3v) is 3.45. The van der Waals surface area contributed by atoms with Crippen molar-refractivity contribution in [3.05, 3.63) is 46.5 Å². The molecule has 0 fully saturated rings. The van der Waals surface area contributed by atoms with Crippen molar-refractivity contribution in [2.45, 2.75) is 26.9 Å². The van der Waals surface area contributed by atoms with Crippen molar-refractivity contribution < 1.29 is 4.74 Å². The van der Waals surface area contributed by atoms with E-state index in [1.807, 2.05) is 24.4 Å². The molecule has 1 aromatic heterocycles. The number of hydrogen-bond donors (Lipinski definition) is 1. The van der Waals surface area contributed by atoms with Crippen LogP contribution in [-0.2, 0) is 11.3 Å². The number of aryl methyl sites for hydroxylation is 1. The van der Waals surface area contributed by atoms with Gasteiger partial charge in [-0.25, -0.2) is 4.98 Å². The van der Waals surface area contributed by atoms with Gasteiger partial charge in [0.2, 0.25) is 5.13 Å². The zero-order valence-corrected chi connectivity index (χ0v) is 12.6. The summed E-state index contributed by atoms with van der Waals surface area (Å²) < 4.78 is 5.50. The van der Waals surface area contributed by atoms with Crippen molar-refractivity contribution in [3.63, 3.8) is 0 Å². The van der Waals surface area contributed by atoms with E-state index in [0.29, 0.717) is 6.61 Å². The van der Waals surface area contributed by atoms with Crippen LogP contribution >= 0.6 is 11.3 Å². The topological polar surface area (TPSA) is 46.5 Å². The van der Waals surface area contributed by atoms with Gasteiger partial charge in [0.25, 0.3) is 0 Å². The number of nitrogens with zero attached hydrogens (tertiary/aromatic N) is 2. The summed E-state index contributed by atoms with van der Waals surface area (Å²) in [5.74, 6) is 0. The number of rotatable bonds is 7. The second kappa shape index (κ2) is 7.77. The minimum absolute atomic E-state index is 0.669. The molecule has 5 heteroatoms. The van der Waals surface area contributed by atoms with Gasteiger partial charge in [0.1, 0.15) is 0 Å². The number of thiazole rings is 1. The molecular weight excluding hydrogens is 270 g/mol. The summed E-state index contributed by atoms with van der Waals surface area (Å²) in [7, 11) is 0. The lowest BCUT2D eigenvalue weighted by atomic mass is 10.1. The maximum absolute atomic E-state index is 5.50. The highest BCUT2D eigenvalue weighted by Crippen LogP contribution is 2.14. The van der Waals surface area contributed by atoms with Gasteiger partial charge in [-0.05, 0) is 24.5 Å². The van der Waals surface area contributed by atoms with Crippen molar-refractivity contribution in [1.82, 2.24) is 4.98 Å². The van der Waals surface area contributed by atoms with Gasteiger partial charge in [0.05, 0.1) is 18.5 Å². The summed E-state index contributed by atoms with van der Waals surface area (Å²) in [6.45, 7) is 5.55. The first-order valence-electron chi connectivity index (χ1n) is 6.66. The van der Waals surface area contributed by atoms with E-state index in [1.165, 1.54) is 5.56 Å². The maximum Gasteiger partial charge on any atom is 0.203 e. The molecule has 1 heterocycles. The summed E-state index contributed by atoms with van der Waals surface area (Å²) in [6.07, 6.45) is 2.83. The van der Waals surface area contributed by atoms with E-state index in [1.54, 1.807) is 17.6 Å². The third-order valence-electron chi connectivity index (χ3n) is 2.59. The van der Waals surface area contributed by atoms with Crippen molar-refractivity contribution >= 4 is 22.7 Å². The van der Waals surface area contributed by atoms with E-state index in [-0.39, 0.29) is 0 Å². The van der Waals surface area contributed by atoms with E-state index < -0.39 is 0 Å². The molecule has 1 aromatic carbocycles. The molecule has 106 valence electrons. The first-order chi connectivity index (χ1) is 9.78. The third kappa shape index (κ3) is 4.75. The zero-order valence-electron chi connectivity index (χ0n) is 11.8. The molecule has 0 radical (unpaired) electrons. The van der Waals surface area contributed by atoms with Crippen LogP contribution in [0.25, 0.3) is 0 Å². The van der Waals surface area contributed by atoms with Crippen LogP contribution in [0.2, 0.25) is 0 Å². The van der Waals surface area contributed by atoms with E-state index >= 15 is 0 Å². The van der Waals surface area contributed by atoms with Gasteiger partial charge in [-0.3, -0.25) is 5.43 Å². The minimum atomic E-state index is 0.669. The average Bonchev–Trinajstić information content (AvgIpc) is 2.87. The molecule has 0 amide bonds. The SMILES string of the molecule is CCCOCc1ccc(C=NNc2nc(C)cs2)cc1. The summed E-state index contributed by atoms with van der Waals surface area (Å²) in [4.78, 5) is 4.27. The second-order valence-corrected chi connectivity index (χ2v) is 5.32. The first-order valence-corrected chi connectivity index (χ1v) is 7.54. The van der Waals surface area contributed by atoms with Crippen LogP contribution in [0.4, 0.5) is 5.13 Å². The van der Waals surface area contributed by atoms with Crippen molar-refractivity contribution in [2.75, 3.05) is 12.0 Å². The highest BCUT2D eigenvalue weighted by Gasteiger charge is 1.95. The fourth-order valence-electron chi connectivity index (χ4n) is 1.60.